The highest BCUT2D eigenvalue weighted by molar-refractivity contribution is 6.30. The van der Waals surface area contributed by atoms with Crippen molar-refractivity contribution in [3.05, 3.63) is 34.9 Å². The molecule has 1 aromatic rings. The normalized spacial score (nSPS) is 24.7. The van der Waals surface area contributed by atoms with Crippen molar-refractivity contribution in [2.24, 2.45) is 0 Å². The molecule has 1 aliphatic carbocycles. The number of benzene rings is 1. The van der Waals surface area contributed by atoms with Crippen LogP contribution in [0.2, 0.25) is 5.02 Å². The zero-order valence-corrected chi connectivity index (χ0v) is 16.9. The van der Waals surface area contributed by atoms with E-state index in [2.05, 4.69) is 9.80 Å². The van der Waals surface area contributed by atoms with Crippen LogP contribution in [0, 0.1) is 0 Å². The lowest BCUT2D eigenvalue weighted by atomic mass is 9.73. The molecular formula is C22H31ClN2O2. The van der Waals surface area contributed by atoms with Crippen molar-refractivity contribution in [2.45, 2.75) is 56.4 Å². The maximum absolute atomic E-state index is 13.7. The molecule has 1 amide bonds. The third-order valence-electron chi connectivity index (χ3n) is 6.85. The molecule has 2 saturated heterocycles. The van der Waals surface area contributed by atoms with Gasteiger partial charge in [-0.1, -0.05) is 43.0 Å². The lowest BCUT2D eigenvalue weighted by Crippen LogP contribution is -2.57. The molecular weight excluding hydrogens is 360 g/mol. The van der Waals surface area contributed by atoms with Crippen molar-refractivity contribution in [1.82, 2.24) is 9.80 Å². The number of piperazine rings is 1. The summed E-state index contributed by atoms with van der Waals surface area (Å²) in [6.45, 7) is 5.04. The van der Waals surface area contributed by atoms with Crippen LogP contribution in [-0.4, -0.2) is 61.1 Å². The van der Waals surface area contributed by atoms with Crippen molar-refractivity contribution in [3.63, 3.8) is 0 Å². The molecule has 5 heteroatoms. The molecule has 0 radical (unpaired) electrons. The van der Waals surface area contributed by atoms with Gasteiger partial charge in [-0.05, 0) is 43.4 Å². The third-order valence-corrected chi connectivity index (χ3v) is 7.10. The van der Waals surface area contributed by atoms with Gasteiger partial charge in [0.25, 0.3) is 0 Å². The molecule has 0 bridgehead atoms. The van der Waals surface area contributed by atoms with Crippen molar-refractivity contribution >= 4 is 17.5 Å². The van der Waals surface area contributed by atoms with Gasteiger partial charge in [-0.15, -0.1) is 0 Å². The molecule has 3 fully saturated rings. The average Bonchev–Trinajstić information content (AvgIpc) is 2.75. The SMILES string of the molecule is O=C(N1CCN(C2CCCCC2)CC1)C1(c2ccc(Cl)cc2)CCOCC1. The Labute approximate surface area is 167 Å². The van der Waals surface area contributed by atoms with Crippen molar-refractivity contribution in [1.29, 1.82) is 0 Å². The minimum Gasteiger partial charge on any atom is -0.381 e. The first kappa shape index (κ1) is 19.2. The van der Waals surface area contributed by atoms with Gasteiger partial charge < -0.3 is 9.64 Å². The van der Waals surface area contributed by atoms with Crippen LogP contribution in [-0.2, 0) is 14.9 Å². The summed E-state index contributed by atoms with van der Waals surface area (Å²) in [6.07, 6.45) is 8.31. The number of rotatable bonds is 3. The molecule has 1 aromatic carbocycles. The van der Waals surface area contributed by atoms with E-state index in [0.29, 0.717) is 13.2 Å². The Balaban J connectivity index is 1.47. The van der Waals surface area contributed by atoms with Gasteiger partial charge in [0.2, 0.25) is 5.91 Å². The average molecular weight is 391 g/mol. The summed E-state index contributed by atoms with van der Waals surface area (Å²) in [5, 5.41) is 0.717. The number of ether oxygens (including phenoxy) is 1. The number of carbonyl (C=O) groups is 1. The number of hydrogen-bond acceptors (Lipinski definition) is 3. The van der Waals surface area contributed by atoms with E-state index in [1.165, 1.54) is 32.1 Å². The Bertz CT molecular complexity index is 628. The van der Waals surface area contributed by atoms with E-state index in [0.717, 1.165) is 55.6 Å². The molecule has 0 atom stereocenters. The Morgan fingerprint density at radius 3 is 2.22 bits per heavy atom. The van der Waals surface area contributed by atoms with Gasteiger partial charge >= 0.3 is 0 Å². The monoisotopic (exact) mass is 390 g/mol. The highest BCUT2D eigenvalue weighted by Gasteiger charge is 2.44. The Morgan fingerprint density at radius 2 is 1.59 bits per heavy atom. The van der Waals surface area contributed by atoms with E-state index < -0.39 is 5.41 Å². The second-order valence-corrected chi connectivity index (χ2v) is 8.76. The van der Waals surface area contributed by atoms with E-state index in [4.69, 9.17) is 16.3 Å². The van der Waals surface area contributed by atoms with Gasteiger partial charge in [0.05, 0.1) is 5.41 Å². The van der Waals surface area contributed by atoms with Crippen molar-refractivity contribution in [3.8, 4) is 0 Å². The van der Waals surface area contributed by atoms with Crippen LogP contribution in [0.25, 0.3) is 0 Å². The molecule has 0 spiro atoms. The largest absolute Gasteiger partial charge is 0.381 e. The summed E-state index contributed by atoms with van der Waals surface area (Å²) in [6, 6.07) is 8.61. The van der Waals surface area contributed by atoms with E-state index >= 15 is 0 Å². The van der Waals surface area contributed by atoms with Crippen molar-refractivity contribution < 1.29 is 9.53 Å². The minimum atomic E-state index is -0.449. The van der Waals surface area contributed by atoms with Crippen LogP contribution in [0.3, 0.4) is 0 Å². The van der Waals surface area contributed by atoms with Crippen LogP contribution >= 0.6 is 11.6 Å². The standard InChI is InChI=1S/C22H31ClN2O2/c23-19-8-6-18(7-9-19)22(10-16-27-17-11-22)21(26)25-14-12-24(13-15-25)20-4-2-1-3-5-20/h6-9,20H,1-5,10-17H2. The van der Waals surface area contributed by atoms with Crippen LogP contribution in [0.1, 0.15) is 50.5 Å². The van der Waals surface area contributed by atoms with Crippen LogP contribution in [0.5, 0.6) is 0 Å². The first-order valence-electron chi connectivity index (χ1n) is 10.6. The maximum Gasteiger partial charge on any atom is 0.233 e. The summed E-state index contributed by atoms with van der Waals surface area (Å²) in [5.74, 6) is 0.288. The van der Waals surface area contributed by atoms with Gasteiger partial charge in [0.15, 0.2) is 0 Å². The predicted octanol–water partition coefficient (Wildman–Crippen LogP) is 3.87. The van der Waals surface area contributed by atoms with Gasteiger partial charge in [-0.3, -0.25) is 9.69 Å². The zero-order valence-electron chi connectivity index (χ0n) is 16.2. The quantitative estimate of drug-likeness (QED) is 0.785. The number of hydrogen-bond donors (Lipinski definition) is 0. The third kappa shape index (κ3) is 4.03. The molecule has 148 valence electrons. The summed E-state index contributed by atoms with van der Waals surface area (Å²) in [4.78, 5) is 18.4. The lowest BCUT2D eigenvalue weighted by molar-refractivity contribution is -0.143. The van der Waals surface area contributed by atoms with E-state index in [9.17, 15) is 4.79 Å². The molecule has 4 nitrogen and oxygen atoms in total. The van der Waals surface area contributed by atoms with Crippen molar-refractivity contribution in [2.75, 3.05) is 39.4 Å². The van der Waals surface area contributed by atoms with Crippen LogP contribution in [0.4, 0.5) is 0 Å². The molecule has 0 aromatic heterocycles. The highest BCUT2D eigenvalue weighted by Crippen LogP contribution is 2.38. The Kier molecular flexibility index (Phi) is 6.05. The molecule has 2 aliphatic heterocycles. The minimum absolute atomic E-state index is 0.288. The lowest BCUT2D eigenvalue weighted by Gasteiger charge is -2.45. The first-order valence-corrected chi connectivity index (χ1v) is 10.9. The molecule has 3 aliphatic rings. The molecule has 0 unspecified atom stereocenters. The number of nitrogens with zero attached hydrogens (tertiary/aromatic N) is 2. The van der Waals surface area contributed by atoms with E-state index in [1.807, 2.05) is 24.3 Å². The second-order valence-electron chi connectivity index (χ2n) is 8.32. The number of amides is 1. The van der Waals surface area contributed by atoms with Gasteiger partial charge in [0.1, 0.15) is 0 Å². The number of carbonyl (C=O) groups excluding carboxylic acids is 1. The summed E-state index contributed by atoms with van der Waals surface area (Å²) in [7, 11) is 0. The fourth-order valence-corrected chi connectivity index (χ4v) is 5.28. The molecule has 1 saturated carbocycles. The molecule has 27 heavy (non-hydrogen) atoms. The Hall–Kier alpha value is -1.10. The number of halogens is 1. The smallest absolute Gasteiger partial charge is 0.233 e. The summed E-state index contributed by atoms with van der Waals surface area (Å²) < 4.78 is 5.60. The fourth-order valence-electron chi connectivity index (χ4n) is 5.15. The van der Waals surface area contributed by atoms with Crippen LogP contribution < -0.4 is 0 Å². The zero-order chi connectivity index (χ0) is 18.7. The summed E-state index contributed by atoms with van der Waals surface area (Å²) in [5.41, 5.74) is 0.644. The fraction of sp³-hybridized carbons (Fsp3) is 0.682. The topological polar surface area (TPSA) is 32.8 Å². The van der Waals surface area contributed by atoms with Crippen LogP contribution in [0.15, 0.2) is 24.3 Å². The maximum atomic E-state index is 13.7. The predicted molar refractivity (Wildman–Crippen MR) is 108 cm³/mol. The van der Waals surface area contributed by atoms with Gasteiger partial charge in [-0.2, -0.15) is 0 Å². The Morgan fingerprint density at radius 1 is 0.963 bits per heavy atom. The second kappa shape index (κ2) is 8.50. The van der Waals surface area contributed by atoms with Gasteiger partial charge in [-0.25, -0.2) is 0 Å². The van der Waals surface area contributed by atoms with E-state index in [1.54, 1.807) is 0 Å². The van der Waals surface area contributed by atoms with Gasteiger partial charge in [0, 0.05) is 50.5 Å². The molecule has 4 rings (SSSR count). The summed E-state index contributed by atoms with van der Waals surface area (Å²) >= 11 is 6.09. The molecule has 0 N–H and O–H groups in total. The molecule has 2 heterocycles. The highest BCUT2D eigenvalue weighted by atomic mass is 35.5. The first-order chi connectivity index (χ1) is 13.2. The van der Waals surface area contributed by atoms with E-state index in [-0.39, 0.29) is 5.91 Å².